The Labute approximate surface area is 238 Å². The zero-order valence-electron chi connectivity index (χ0n) is 22.5. The number of hydrogen-bond donors (Lipinski definition) is 3. The van der Waals surface area contributed by atoms with Gasteiger partial charge in [0.2, 0.25) is 5.91 Å². The quantitative estimate of drug-likeness (QED) is 0.274. The van der Waals surface area contributed by atoms with Crippen LogP contribution in [0.4, 0.5) is 4.79 Å². The monoisotopic (exact) mass is 562 g/mol. The van der Waals surface area contributed by atoms with Crippen molar-refractivity contribution in [1.82, 2.24) is 10.6 Å². The molecule has 0 heterocycles. The van der Waals surface area contributed by atoms with Gasteiger partial charge in [0.25, 0.3) is 0 Å². The van der Waals surface area contributed by atoms with E-state index >= 15 is 0 Å². The smallest absolute Gasteiger partial charge is 0.407 e. The number of carboxylic acid groups (broad SMARTS) is 1. The van der Waals surface area contributed by atoms with Crippen molar-refractivity contribution in [2.24, 2.45) is 0 Å². The third-order valence-electron chi connectivity index (χ3n) is 6.95. The first-order valence-corrected chi connectivity index (χ1v) is 14.6. The number of hydrogen-bond acceptors (Lipinski definition) is 6. The van der Waals surface area contributed by atoms with Gasteiger partial charge >= 0.3 is 12.1 Å². The zero-order valence-corrected chi connectivity index (χ0v) is 23.4. The van der Waals surface area contributed by atoms with Gasteiger partial charge in [-0.2, -0.15) is 11.8 Å². The highest BCUT2D eigenvalue weighted by Gasteiger charge is 2.33. The number of fused-ring (bicyclic) bond motifs is 3. The molecule has 3 aromatic carbocycles. The van der Waals surface area contributed by atoms with Crippen molar-refractivity contribution in [3.05, 3.63) is 95.6 Å². The molecule has 3 N–H and O–H groups in total. The van der Waals surface area contributed by atoms with Crippen LogP contribution in [0, 0.1) is 0 Å². The number of nitrogens with one attached hydrogen (secondary N) is 2. The Morgan fingerprint density at radius 3 is 2.10 bits per heavy atom. The van der Waals surface area contributed by atoms with Crippen molar-refractivity contribution in [1.29, 1.82) is 0 Å². The third kappa shape index (κ3) is 7.22. The number of carbonyl (C=O) groups is 3. The normalized spacial score (nSPS) is 14.3. The molecule has 3 aromatic rings. The maximum atomic E-state index is 13.3. The molecule has 0 aliphatic heterocycles. The minimum absolute atomic E-state index is 0.0823. The molecule has 0 spiro atoms. The molecular weight excluding hydrogens is 528 g/mol. The average molecular weight is 563 g/mol. The lowest BCUT2D eigenvalue weighted by Crippen LogP contribution is -2.56. The number of rotatable bonds is 13. The summed E-state index contributed by atoms with van der Waals surface area (Å²) >= 11 is 1.49. The van der Waals surface area contributed by atoms with Crippen molar-refractivity contribution in [3.8, 4) is 11.1 Å². The number of ether oxygens (including phenoxy) is 2. The van der Waals surface area contributed by atoms with Crippen LogP contribution < -0.4 is 10.6 Å². The summed E-state index contributed by atoms with van der Waals surface area (Å²) in [4.78, 5) is 38.0. The van der Waals surface area contributed by atoms with Crippen LogP contribution in [0.2, 0.25) is 0 Å². The first kappa shape index (κ1) is 29.2. The molecule has 3 atom stereocenters. The minimum Gasteiger partial charge on any atom is -0.480 e. The molecule has 1 aliphatic carbocycles. The molecule has 210 valence electrons. The largest absolute Gasteiger partial charge is 0.480 e. The Morgan fingerprint density at radius 1 is 0.900 bits per heavy atom. The number of alkyl carbamates (subject to hydrolysis) is 1. The molecular formula is C31H34N2O6S. The molecule has 0 saturated heterocycles. The first-order valence-electron chi connectivity index (χ1n) is 13.2. The maximum Gasteiger partial charge on any atom is 0.407 e. The van der Waals surface area contributed by atoms with Crippen LogP contribution in [0.5, 0.6) is 0 Å². The van der Waals surface area contributed by atoms with Crippen molar-refractivity contribution in [2.75, 3.05) is 18.6 Å². The summed E-state index contributed by atoms with van der Waals surface area (Å²) in [7, 11) is 0. The summed E-state index contributed by atoms with van der Waals surface area (Å²) in [6.07, 6.45) is 0.560. The van der Waals surface area contributed by atoms with Gasteiger partial charge in [-0.25, -0.2) is 9.59 Å². The fourth-order valence-electron chi connectivity index (χ4n) is 4.82. The van der Waals surface area contributed by atoms with Crippen LogP contribution in [0.1, 0.15) is 36.0 Å². The lowest BCUT2D eigenvalue weighted by Gasteiger charge is -2.26. The number of benzene rings is 3. The molecule has 0 bridgehead atoms. The second kappa shape index (κ2) is 14.0. The van der Waals surface area contributed by atoms with Crippen molar-refractivity contribution < 1.29 is 29.0 Å². The topological polar surface area (TPSA) is 114 Å². The van der Waals surface area contributed by atoms with E-state index in [9.17, 15) is 19.5 Å². The number of carbonyl (C=O) groups excluding carboxylic acids is 2. The predicted molar refractivity (Wildman–Crippen MR) is 155 cm³/mol. The minimum atomic E-state index is -1.17. The van der Waals surface area contributed by atoms with E-state index in [0.717, 1.165) is 27.8 Å². The highest BCUT2D eigenvalue weighted by Crippen LogP contribution is 2.44. The van der Waals surface area contributed by atoms with Gasteiger partial charge in [0.05, 0.1) is 12.7 Å². The SMILES string of the molecule is CSCCC(NC(=O)[C@H](NC(=O)OCC1c2ccccc2-c2ccccc21)[C@H](C)OCc1ccccc1)C(=O)O. The summed E-state index contributed by atoms with van der Waals surface area (Å²) < 4.78 is 11.6. The summed E-state index contributed by atoms with van der Waals surface area (Å²) in [6.45, 7) is 1.96. The number of amides is 2. The molecule has 40 heavy (non-hydrogen) atoms. The maximum absolute atomic E-state index is 13.3. The highest BCUT2D eigenvalue weighted by molar-refractivity contribution is 7.98. The third-order valence-corrected chi connectivity index (χ3v) is 7.59. The fourth-order valence-corrected chi connectivity index (χ4v) is 5.29. The summed E-state index contributed by atoms with van der Waals surface area (Å²) in [5.74, 6) is -1.37. The molecule has 0 radical (unpaired) electrons. The Morgan fingerprint density at radius 2 is 1.50 bits per heavy atom. The van der Waals surface area contributed by atoms with Gasteiger partial charge in [-0.3, -0.25) is 4.79 Å². The van der Waals surface area contributed by atoms with Gasteiger partial charge in [-0.15, -0.1) is 0 Å². The van der Waals surface area contributed by atoms with E-state index in [0.29, 0.717) is 5.75 Å². The Bertz CT molecular complexity index is 1270. The number of thioether (sulfide) groups is 1. The van der Waals surface area contributed by atoms with Gasteiger partial charge < -0.3 is 25.2 Å². The summed E-state index contributed by atoms with van der Waals surface area (Å²) in [5, 5.41) is 14.8. The van der Waals surface area contributed by atoms with E-state index < -0.39 is 36.2 Å². The molecule has 8 nitrogen and oxygen atoms in total. The Kier molecular flexibility index (Phi) is 10.2. The summed E-state index contributed by atoms with van der Waals surface area (Å²) in [5.41, 5.74) is 5.26. The van der Waals surface area contributed by atoms with E-state index in [1.54, 1.807) is 6.92 Å². The predicted octanol–water partition coefficient (Wildman–Crippen LogP) is 4.82. The van der Waals surface area contributed by atoms with Gasteiger partial charge in [0.1, 0.15) is 18.7 Å². The summed E-state index contributed by atoms with van der Waals surface area (Å²) in [6, 6.07) is 23.2. The van der Waals surface area contributed by atoms with E-state index in [2.05, 4.69) is 22.8 Å². The Balaban J connectivity index is 1.45. The van der Waals surface area contributed by atoms with Crippen LogP contribution in [0.25, 0.3) is 11.1 Å². The van der Waals surface area contributed by atoms with Gasteiger partial charge in [0, 0.05) is 5.92 Å². The van der Waals surface area contributed by atoms with Gasteiger partial charge in [-0.1, -0.05) is 78.9 Å². The standard InChI is InChI=1S/C31H34N2O6S/c1-20(38-18-21-10-4-3-5-11-21)28(29(34)32-27(30(35)36)16-17-40-2)33-31(37)39-19-26-24-14-8-6-12-22(24)23-13-7-9-15-25(23)26/h3-15,20,26-28H,16-19H2,1-2H3,(H,32,34)(H,33,37)(H,35,36)/t20-,27?,28+/m0/s1. The second-order valence-corrected chi connectivity index (χ2v) is 10.6. The molecule has 0 fully saturated rings. The number of carboxylic acids is 1. The van der Waals surface area contributed by atoms with Crippen LogP contribution in [0.3, 0.4) is 0 Å². The van der Waals surface area contributed by atoms with E-state index in [1.807, 2.05) is 73.0 Å². The van der Waals surface area contributed by atoms with E-state index in [4.69, 9.17) is 9.47 Å². The van der Waals surface area contributed by atoms with Crippen LogP contribution in [0.15, 0.2) is 78.9 Å². The second-order valence-electron chi connectivity index (χ2n) is 9.63. The molecule has 1 aliphatic rings. The molecule has 0 aromatic heterocycles. The van der Waals surface area contributed by atoms with Crippen molar-refractivity contribution in [3.63, 3.8) is 0 Å². The lowest BCUT2D eigenvalue weighted by atomic mass is 9.98. The highest BCUT2D eigenvalue weighted by atomic mass is 32.2. The van der Waals surface area contributed by atoms with Crippen LogP contribution in [-0.4, -0.2) is 59.9 Å². The van der Waals surface area contributed by atoms with Crippen LogP contribution in [-0.2, 0) is 25.7 Å². The lowest BCUT2D eigenvalue weighted by molar-refractivity contribution is -0.142. The van der Waals surface area contributed by atoms with Crippen LogP contribution >= 0.6 is 11.8 Å². The first-order chi connectivity index (χ1) is 19.4. The van der Waals surface area contributed by atoms with Gasteiger partial charge in [-0.05, 0) is 53.2 Å². The van der Waals surface area contributed by atoms with E-state index in [1.165, 1.54) is 11.8 Å². The number of aliphatic carboxylic acids is 1. The molecule has 0 saturated carbocycles. The van der Waals surface area contributed by atoms with E-state index in [-0.39, 0.29) is 25.6 Å². The molecule has 9 heteroatoms. The fraction of sp³-hybridized carbons (Fsp3) is 0.323. The van der Waals surface area contributed by atoms with Crippen molar-refractivity contribution in [2.45, 2.75) is 44.1 Å². The average Bonchev–Trinajstić information content (AvgIpc) is 3.29. The molecule has 1 unspecified atom stereocenters. The Hall–Kier alpha value is -3.82. The zero-order chi connectivity index (χ0) is 28.5. The molecule has 4 rings (SSSR count). The molecule has 2 amide bonds. The van der Waals surface area contributed by atoms with Gasteiger partial charge in [0.15, 0.2) is 0 Å². The van der Waals surface area contributed by atoms with Crippen molar-refractivity contribution >= 4 is 29.7 Å².